The minimum absolute atomic E-state index is 0. The Morgan fingerprint density at radius 3 is 1.23 bits per heavy atom. The van der Waals surface area contributed by atoms with Crippen LogP contribution in [0.4, 0.5) is 0 Å². The Morgan fingerprint density at radius 2 is 0.909 bits per heavy atom. The van der Waals surface area contributed by atoms with Gasteiger partial charge in [-0.15, -0.1) is 0 Å². The maximum absolute atomic E-state index is 2.66. The summed E-state index contributed by atoms with van der Waals surface area (Å²) in [5.74, 6) is 1.02. The molecule has 226 valence electrons. The Kier molecular flexibility index (Phi) is 11.3. The first-order chi connectivity index (χ1) is 20.2. The van der Waals surface area contributed by atoms with E-state index in [1.54, 1.807) is 22.3 Å². The first kappa shape index (κ1) is 34.9. The number of halogens is 2. The van der Waals surface area contributed by atoms with Gasteiger partial charge in [0.2, 0.25) is 0 Å². The van der Waals surface area contributed by atoms with Crippen LogP contribution >= 0.6 is 0 Å². The molecule has 0 aliphatic heterocycles. The van der Waals surface area contributed by atoms with Gasteiger partial charge in [-0.05, 0) is 0 Å². The normalized spacial score (nSPS) is 16.3. The fourth-order valence-electron chi connectivity index (χ4n) is 7.56. The van der Waals surface area contributed by atoms with E-state index in [1.807, 2.05) is 0 Å². The van der Waals surface area contributed by atoms with Gasteiger partial charge < -0.3 is 24.8 Å². The van der Waals surface area contributed by atoms with Crippen LogP contribution < -0.4 is 24.8 Å². The molecule has 0 N–H and O–H groups in total. The SMILES string of the molecule is Cc1ccc(C(C)C)c2c1[CH]([Zr+2]([CH]1C(c3ccccc3)=Cc3c(C(C)C)ccc(C)c31)=[Si](C)C)C(c1ccccc1)=C2.[Cl-].[Cl-]. The molecule has 2 aliphatic carbocycles. The van der Waals surface area contributed by atoms with Crippen molar-refractivity contribution in [3.05, 3.63) is 141 Å². The Balaban J connectivity index is 0.00000221. The van der Waals surface area contributed by atoms with E-state index in [0.717, 1.165) is 0 Å². The fraction of sp³-hybridized carbons (Fsp3) is 0.300. The van der Waals surface area contributed by atoms with E-state index in [-0.39, 0.29) is 24.8 Å². The Hall–Kier alpha value is -1.96. The molecule has 2 aliphatic rings. The van der Waals surface area contributed by atoms with Gasteiger partial charge in [-0.2, -0.15) is 0 Å². The summed E-state index contributed by atoms with van der Waals surface area (Å²) in [6.07, 6.45) is 5.25. The van der Waals surface area contributed by atoms with Gasteiger partial charge in [0.05, 0.1) is 0 Å². The summed E-state index contributed by atoms with van der Waals surface area (Å²) >= 11 is -2.38. The molecular formula is C40H44Cl2SiZr. The van der Waals surface area contributed by atoms with Gasteiger partial charge in [0.15, 0.2) is 0 Å². The summed E-state index contributed by atoms with van der Waals surface area (Å²) in [6, 6.07) is 32.4. The smallest absolute Gasteiger partial charge is 1.00 e. The van der Waals surface area contributed by atoms with Gasteiger partial charge in [-0.3, -0.25) is 0 Å². The Morgan fingerprint density at radius 1 is 0.545 bits per heavy atom. The van der Waals surface area contributed by atoms with Crippen molar-refractivity contribution in [1.82, 2.24) is 0 Å². The van der Waals surface area contributed by atoms with Gasteiger partial charge >= 0.3 is 263 Å². The minimum Gasteiger partial charge on any atom is -1.00 e. The molecular weight excluding hydrogens is 671 g/mol. The number of hydrogen-bond donors (Lipinski definition) is 0. The van der Waals surface area contributed by atoms with Crippen LogP contribution in [-0.2, 0) is 20.4 Å². The Labute approximate surface area is 286 Å². The van der Waals surface area contributed by atoms with Crippen LogP contribution in [0.1, 0.15) is 102 Å². The standard InChI is InChI=1S/2C19H19.C2H6Si.2ClH.Zr/c2*1-13(2)17-10-9-14(3)18-11-16(12-19(17)18)15-7-5-4-6-8-15;1-3-2;;;/h2*4-13H,1-3H3;1-2H3;2*1H;/q;;;;;+2/p-2. The second kappa shape index (κ2) is 14.2. The van der Waals surface area contributed by atoms with Crippen LogP contribution in [0.5, 0.6) is 0 Å². The summed E-state index contributed by atoms with van der Waals surface area (Å²) in [5, 5.41) is 0. The molecule has 4 aromatic carbocycles. The van der Waals surface area contributed by atoms with E-state index in [2.05, 4.69) is 152 Å². The molecule has 0 spiro atoms. The predicted octanol–water partition coefficient (Wildman–Crippen LogP) is 5.32. The third-order valence-corrected chi connectivity index (χ3v) is 28.6. The number of fused-ring (bicyclic) bond motifs is 2. The molecule has 44 heavy (non-hydrogen) atoms. The summed E-state index contributed by atoms with van der Waals surface area (Å²) in [5.41, 5.74) is 17.9. The largest absolute Gasteiger partial charge is 1.00 e. The average Bonchev–Trinajstić information content (AvgIpc) is 3.55. The monoisotopic (exact) mass is 712 g/mol. The second-order valence-corrected chi connectivity index (χ2v) is 31.0. The molecule has 0 saturated carbocycles. The molecule has 6 rings (SSSR count). The average molecular weight is 715 g/mol. The number of allylic oxidation sites excluding steroid dienone is 2. The van der Waals surface area contributed by atoms with Crippen LogP contribution in [0.15, 0.2) is 84.9 Å². The zero-order valence-electron chi connectivity index (χ0n) is 27.3. The van der Waals surface area contributed by atoms with Crippen LogP contribution in [0.25, 0.3) is 23.3 Å². The fourth-order valence-corrected chi connectivity index (χ4v) is 27.9. The maximum atomic E-state index is 2.66. The van der Waals surface area contributed by atoms with E-state index in [4.69, 9.17) is 0 Å². The van der Waals surface area contributed by atoms with Crippen molar-refractivity contribution in [3.63, 3.8) is 0 Å². The topological polar surface area (TPSA) is 0 Å². The van der Waals surface area contributed by atoms with Gasteiger partial charge in [0, 0.05) is 0 Å². The van der Waals surface area contributed by atoms with E-state index < -0.39 is 25.8 Å². The van der Waals surface area contributed by atoms with E-state index >= 15 is 0 Å². The van der Waals surface area contributed by atoms with Gasteiger partial charge in [-0.25, -0.2) is 0 Å². The molecule has 2 atom stereocenters. The van der Waals surface area contributed by atoms with Crippen LogP contribution in [-0.4, -0.2) is 5.43 Å². The molecule has 2 unspecified atom stereocenters. The van der Waals surface area contributed by atoms with Crippen LogP contribution in [0.2, 0.25) is 13.1 Å². The van der Waals surface area contributed by atoms with E-state index in [1.165, 1.54) is 44.5 Å². The summed E-state index contributed by atoms with van der Waals surface area (Å²) in [6.45, 7) is 19.5. The summed E-state index contributed by atoms with van der Waals surface area (Å²) < 4.78 is 1.11. The van der Waals surface area contributed by atoms with Crippen LogP contribution in [0, 0.1) is 13.8 Å². The molecule has 0 nitrogen and oxygen atoms in total. The third kappa shape index (κ3) is 6.10. The zero-order valence-corrected chi connectivity index (χ0v) is 32.3. The maximum Gasteiger partial charge on any atom is -1.00 e. The molecule has 0 radical (unpaired) electrons. The first-order valence-electron chi connectivity index (χ1n) is 15.7. The molecule has 0 amide bonds. The second-order valence-electron chi connectivity index (χ2n) is 13.2. The molecule has 0 saturated heterocycles. The van der Waals surface area contributed by atoms with Crippen molar-refractivity contribution < 1.29 is 45.2 Å². The zero-order chi connectivity index (χ0) is 29.7. The number of hydrogen-bond acceptors (Lipinski definition) is 0. The van der Waals surface area contributed by atoms with Crippen molar-refractivity contribution >= 4 is 28.7 Å². The number of rotatable bonds is 6. The quantitative estimate of drug-likeness (QED) is 0.238. The predicted molar refractivity (Wildman–Crippen MR) is 182 cm³/mol. The van der Waals surface area contributed by atoms with Gasteiger partial charge in [0.25, 0.3) is 0 Å². The molecule has 0 heterocycles. The Bertz CT molecular complexity index is 1640. The molecule has 0 bridgehead atoms. The number of benzene rings is 4. The van der Waals surface area contributed by atoms with Crippen LogP contribution in [0.3, 0.4) is 0 Å². The molecule has 0 fully saturated rings. The molecule has 4 heteroatoms. The molecule has 0 aromatic heterocycles. The summed E-state index contributed by atoms with van der Waals surface area (Å²) in [4.78, 5) is 0. The van der Waals surface area contributed by atoms with Gasteiger partial charge in [0.1, 0.15) is 0 Å². The van der Waals surface area contributed by atoms with E-state index in [9.17, 15) is 0 Å². The van der Waals surface area contributed by atoms with Crippen molar-refractivity contribution in [1.29, 1.82) is 0 Å². The third-order valence-electron chi connectivity index (χ3n) is 9.53. The van der Waals surface area contributed by atoms with E-state index in [0.29, 0.717) is 19.1 Å². The van der Waals surface area contributed by atoms with Crippen molar-refractivity contribution in [2.45, 2.75) is 73.7 Å². The van der Waals surface area contributed by atoms with Crippen molar-refractivity contribution in [2.75, 3.05) is 0 Å². The van der Waals surface area contributed by atoms with Crippen molar-refractivity contribution in [3.8, 4) is 0 Å². The molecule has 4 aromatic rings. The minimum atomic E-state index is -2.38. The van der Waals surface area contributed by atoms with Crippen molar-refractivity contribution in [2.24, 2.45) is 0 Å². The van der Waals surface area contributed by atoms with Gasteiger partial charge in [-0.1, -0.05) is 0 Å². The number of aryl methyl sites for hydroxylation is 2. The summed E-state index contributed by atoms with van der Waals surface area (Å²) in [7, 11) is 0. The first-order valence-corrected chi connectivity index (χ1v) is 24.7.